The molecule has 4 heteroatoms. The molecule has 0 radical (unpaired) electrons. The van der Waals surface area contributed by atoms with Crippen LogP contribution in [0.3, 0.4) is 0 Å². The van der Waals surface area contributed by atoms with Crippen molar-refractivity contribution in [3.63, 3.8) is 0 Å². The molecule has 1 N–H and O–H groups in total. The van der Waals surface area contributed by atoms with Crippen LogP contribution in [-0.2, 0) is 20.9 Å². The van der Waals surface area contributed by atoms with Gasteiger partial charge in [-0.3, -0.25) is 9.59 Å². The van der Waals surface area contributed by atoms with Crippen molar-refractivity contribution < 1.29 is 14.3 Å². The molecule has 0 bridgehead atoms. The van der Waals surface area contributed by atoms with Crippen molar-refractivity contribution in [2.75, 3.05) is 6.61 Å². The first-order valence-corrected chi connectivity index (χ1v) is 10.1. The molecular weight excluding hydrogens is 326 g/mol. The Labute approximate surface area is 158 Å². The van der Waals surface area contributed by atoms with Gasteiger partial charge in [-0.1, -0.05) is 63.4 Å². The number of hydrogen-bond donors (Lipinski definition) is 1. The Balaban J connectivity index is 2.43. The highest BCUT2D eigenvalue weighted by atomic mass is 16.5. The number of hydrogen-bond acceptors (Lipinski definition) is 4. The molecular formula is C22H35NO3. The molecule has 1 rings (SSSR count). The Morgan fingerprint density at radius 1 is 0.962 bits per heavy atom. The highest BCUT2D eigenvalue weighted by molar-refractivity contribution is 5.78. The average Bonchev–Trinajstić information content (AvgIpc) is 2.65. The molecule has 0 aliphatic rings. The van der Waals surface area contributed by atoms with Crippen LogP contribution in [0.4, 0.5) is 0 Å². The Kier molecular flexibility index (Phi) is 12.5. The lowest BCUT2D eigenvalue weighted by Gasteiger charge is -2.17. The fourth-order valence-corrected chi connectivity index (χ4v) is 2.76. The maximum Gasteiger partial charge on any atom is 0.323 e. The van der Waals surface area contributed by atoms with Gasteiger partial charge in [0, 0.05) is 19.4 Å². The standard InChI is InChI=1S/C22H35NO3/c1-3-5-8-14-20(24)15-11-16-21(22(25)26-17-6-4-2)23-18-19-12-9-7-10-13-19/h7,9-10,12-13,21,23H,3-6,8,11,14-18H2,1-2H3. The summed E-state index contributed by atoms with van der Waals surface area (Å²) in [5.41, 5.74) is 1.13. The van der Waals surface area contributed by atoms with Crippen LogP contribution in [0, 0.1) is 0 Å². The molecule has 1 atom stereocenters. The Morgan fingerprint density at radius 2 is 1.65 bits per heavy atom. The molecule has 0 saturated carbocycles. The lowest BCUT2D eigenvalue weighted by molar-refractivity contribution is -0.146. The smallest absolute Gasteiger partial charge is 0.323 e. The van der Waals surface area contributed by atoms with Gasteiger partial charge in [0.2, 0.25) is 0 Å². The number of carbonyl (C=O) groups excluding carboxylic acids is 2. The molecule has 0 aromatic heterocycles. The van der Waals surface area contributed by atoms with Gasteiger partial charge in [-0.05, 0) is 31.2 Å². The summed E-state index contributed by atoms with van der Waals surface area (Å²) in [7, 11) is 0. The first-order valence-electron chi connectivity index (χ1n) is 10.1. The molecule has 1 unspecified atom stereocenters. The molecule has 1 aromatic rings. The summed E-state index contributed by atoms with van der Waals surface area (Å²) in [5, 5.41) is 3.30. The second kappa shape index (κ2) is 14.5. The van der Waals surface area contributed by atoms with E-state index in [2.05, 4.69) is 19.2 Å². The minimum absolute atomic E-state index is 0.201. The van der Waals surface area contributed by atoms with Crippen LogP contribution in [-0.4, -0.2) is 24.4 Å². The molecule has 0 heterocycles. The third kappa shape index (κ3) is 10.3. The summed E-state index contributed by atoms with van der Waals surface area (Å²) in [6.07, 6.45) is 7.67. The molecule has 0 aliphatic heterocycles. The predicted octanol–water partition coefficient (Wildman–Crippen LogP) is 4.81. The van der Waals surface area contributed by atoms with Crippen LogP contribution in [0.15, 0.2) is 30.3 Å². The lowest BCUT2D eigenvalue weighted by atomic mass is 10.0. The molecule has 26 heavy (non-hydrogen) atoms. The van der Waals surface area contributed by atoms with Crippen molar-refractivity contribution in [3.05, 3.63) is 35.9 Å². The lowest BCUT2D eigenvalue weighted by Crippen LogP contribution is -2.38. The molecule has 1 aromatic carbocycles. The van der Waals surface area contributed by atoms with Crippen molar-refractivity contribution in [2.45, 2.75) is 84.2 Å². The highest BCUT2D eigenvalue weighted by Gasteiger charge is 2.19. The maximum atomic E-state index is 12.4. The molecule has 0 fully saturated rings. The Bertz CT molecular complexity index is 501. The van der Waals surface area contributed by atoms with Gasteiger partial charge in [0.05, 0.1) is 6.61 Å². The van der Waals surface area contributed by atoms with Crippen LogP contribution >= 0.6 is 0 Å². The molecule has 0 spiro atoms. The molecule has 0 aliphatic carbocycles. The predicted molar refractivity (Wildman–Crippen MR) is 106 cm³/mol. The fraction of sp³-hybridized carbons (Fsp3) is 0.636. The number of ketones is 1. The fourth-order valence-electron chi connectivity index (χ4n) is 2.76. The normalized spacial score (nSPS) is 11.9. The minimum atomic E-state index is -0.351. The number of nitrogens with one attached hydrogen (secondary N) is 1. The summed E-state index contributed by atoms with van der Waals surface area (Å²) in [6.45, 7) is 5.30. The second-order valence-corrected chi connectivity index (χ2v) is 6.83. The molecule has 146 valence electrons. The van der Waals surface area contributed by atoms with Crippen LogP contribution in [0.5, 0.6) is 0 Å². The van der Waals surface area contributed by atoms with Crippen molar-refractivity contribution in [3.8, 4) is 0 Å². The van der Waals surface area contributed by atoms with Gasteiger partial charge in [0.25, 0.3) is 0 Å². The van der Waals surface area contributed by atoms with Gasteiger partial charge in [-0.25, -0.2) is 0 Å². The monoisotopic (exact) mass is 361 g/mol. The summed E-state index contributed by atoms with van der Waals surface area (Å²) in [4.78, 5) is 24.3. The van der Waals surface area contributed by atoms with Gasteiger partial charge >= 0.3 is 5.97 Å². The van der Waals surface area contributed by atoms with E-state index in [9.17, 15) is 9.59 Å². The van der Waals surface area contributed by atoms with E-state index in [1.54, 1.807) is 0 Å². The summed E-state index contributed by atoms with van der Waals surface area (Å²) in [5.74, 6) is 0.104. The number of Topliss-reactive ketones (excluding diaryl/α,β-unsaturated/α-hetero) is 1. The largest absolute Gasteiger partial charge is 0.465 e. The van der Waals surface area contributed by atoms with Gasteiger partial charge in [0.15, 0.2) is 0 Å². The zero-order valence-electron chi connectivity index (χ0n) is 16.5. The summed E-state index contributed by atoms with van der Waals surface area (Å²) in [6, 6.07) is 9.66. The van der Waals surface area contributed by atoms with Gasteiger partial charge in [-0.15, -0.1) is 0 Å². The van der Waals surface area contributed by atoms with Crippen LogP contribution < -0.4 is 5.32 Å². The minimum Gasteiger partial charge on any atom is -0.465 e. The van der Waals surface area contributed by atoms with E-state index >= 15 is 0 Å². The zero-order chi connectivity index (χ0) is 19.0. The average molecular weight is 362 g/mol. The first kappa shape index (κ1) is 22.4. The molecule has 4 nitrogen and oxygen atoms in total. The third-order valence-electron chi connectivity index (χ3n) is 4.43. The topological polar surface area (TPSA) is 55.4 Å². The quantitative estimate of drug-likeness (QED) is 0.360. The molecule has 0 saturated heterocycles. The first-order chi connectivity index (χ1) is 12.7. The van der Waals surface area contributed by atoms with Gasteiger partial charge < -0.3 is 10.1 Å². The van der Waals surface area contributed by atoms with Crippen LogP contribution in [0.25, 0.3) is 0 Å². The van der Waals surface area contributed by atoms with Crippen molar-refractivity contribution in [1.82, 2.24) is 5.32 Å². The SMILES string of the molecule is CCCCCC(=O)CCCC(NCc1ccccc1)C(=O)OCCCC. The number of rotatable bonds is 15. The van der Waals surface area contributed by atoms with E-state index in [1.165, 1.54) is 0 Å². The summed E-state index contributed by atoms with van der Waals surface area (Å²) < 4.78 is 5.38. The van der Waals surface area contributed by atoms with Crippen LogP contribution in [0.1, 0.15) is 77.2 Å². The van der Waals surface area contributed by atoms with E-state index in [-0.39, 0.29) is 12.0 Å². The Hall–Kier alpha value is -1.68. The summed E-state index contributed by atoms with van der Waals surface area (Å²) >= 11 is 0. The zero-order valence-corrected chi connectivity index (χ0v) is 16.5. The number of esters is 1. The third-order valence-corrected chi connectivity index (χ3v) is 4.43. The van der Waals surface area contributed by atoms with E-state index in [0.29, 0.717) is 38.2 Å². The van der Waals surface area contributed by atoms with E-state index < -0.39 is 0 Å². The molecule has 0 amide bonds. The Morgan fingerprint density at radius 3 is 2.35 bits per heavy atom. The van der Waals surface area contributed by atoms with Crippen molar-refractivity contribution in [2.24, 2.45) is 0 Å². The number of carbonyl (C=O) groups is 2. The van der Waals surface area contributed by atoms with E-state index in [4.69, 9.17) is 4.74 Å². The number of unbranched alkanes of at least 4 members (excludes halogenated alkanes) is 3. The van der Waals surface area contributed by atoms with Gasteiger partial charge in [-0.2, -0.15) is 0 Å². The second-order valence-electron chi connectivity index (χ2n) is 6.83. The van der Waals surface area contributed by atoms with E-state index in [0.717, 1.165) is 44.1 Å². The van der Waals surface area contributed by atoms with Crippen molar-refractivity contribution in [1.29, 1.82) is 0 Å². The number of ether oxygens (including phenoxy) is 1. The van der Waals surface area contributed by atoms with E-state index in [1.807, 2.05) is 30.3 Å². The van der Waals surface area contributed by atoms with Gasteiger partial charge in [0.1, 0.15) is 11.8 Å². The van der Waals surface area contributed by atoms with Crippen LogP contribution in [0.2, 0.25) is 0 Å². The number of benzene rings is 1. The highest BCUT2D eigenvalue weighted by Crippen LogP contribution is 2.09. The van der Waals surface area contributed by atoms with Crippen molar-refractivity contribution >= 4 is 11.8 Å². The maximum absolute atomic E-state index is 12.4.